The largest absolute Gasteiger partial charge is 0.480 e. The van der Waals surface area contributed by atoms with E-state index in [-0.39, 0.29) is 17.9 Å². The fraction of sp³-hybridized carbons (Fsp3) is 0.500. The lowest BCUT2D eigenvalue weighted by Crippen LogP contribution is -2.62. The molecular formula is C14H18N2O5. The molecule has 1 aliphatic heterocycles. The van der Waals surface area contributed by atoms with Crippen molar-refractivity contribution in [1.82, 2.24) is 4.90 Å². The molecule has 2 rings (SSSR count). The second kappa shape index (κ2) is 6.19. The molecule has 1 aromatic rings. The number of carboxylic acids is 1. The number of rotatable bonds is 7. The summed E-state index contributed by atoms with van der Waals surface area (Å²) in [6.45, 7) is 3.86. The summed E-state index contributed by atoms with van der Waals surface area (Å²) in [6, 6.07) is 6.53. The van der Waals surface area contributed by atoms with Gasteiger partial charge in [-0.3, -0.25) is 15.0 Å². The van der Waals surface area contributed by atoms with Gasteiger partial charge in [0.1, 0.15) is 6.61 Å². The molecule has 0 amide bonds. The van der Waals surface area contributed by atoms with E-state index in [9.17, 15) is 14.9 Å². The Morgan fingerprint density at radius 2 is 2.05 bits per heavy atom. The van der Waals surface area contributed by atoms with E-state index >= 15 is 0 Å². The van der Waals surface area contributed by atoms with Crippen molar-refractivity contribution < 1.29 is 19.6 Å². The van der Waals surface area contributed by atoms with Crippen molar-refractivity contribution in [1.29, 1.82) is 0 Å². The van der Waals surface area contributed by atoms with Crippen molar-refractivity contribution in [2.24, 2.45) is 0 Å². The topological polar surface area (TPSA) is 92.9 Å². The smallest absolute Gasteiger partial charge is 0.329 e. The maximum absolute atomic E-state index is 10.6. The van der Waals surface area contributed by atoms with Gasteiger partial charge in [0, 0.05) is 31.8 Å². The SMILES string of the molecule is CC1(OCC(=O)O)CN(CCc2ccc([N+](=O)[O-])cc2)C1. The summed E-state index contributed by atoms with van der Waals surface area (Å²) in [6.07, 6.45) is 0.799. The van der Waals surface area contributed by atoms with Crippen LogP contribution in [0.25, 0.3) is 0 Å². The number of aliphatic carboxylic acids is 1. The van der Waals surface area contributed by atoms with Crippen LogP contribution in [0.4, 0.5) is 5.69 Å². The summed E-state index contributed by atoms with van der Waals surface area (Å²) in [5.74, 6) is -0.958. The van der Waals surface area contributed by atoms with E-state index < -0.39 is 10.9 Å². The Labute approximate surface area is 122 Å². The number of benzene rings is 1. The maximum Gasteiger partial charge on any atom is 0.329 e. The van der Waals surface area contributed by atoms with Crippen LogP contribution in [0.5, 0.6) is 0 Å². The molecule has 21 heavy (non-hydrogen) atoms. The molecule has 0 saturated carbocycles. The first kappa shape index (κ1) is 15.4. The summed E-state index contributed by atoms with van der Waals surface area (Å²) in [7, 11) is 0. The lowest BCUT2D eigenvalue weighted by atomic mass is 9.95. The van der Waals surface area contributed by atoms with Gasteiger partial charge in [0.15, 0.2) is 0 Å². The van der Waals surface area contributed by atoms with Gasteiger partial charge in [-0.25, -0.2) is 4.79 Å². The molecule has 7 nitrogen and oxygen atoms in total. The zero-order valence-corrected chi connectivity index (χ0v) is 11.8. The molecule has 0 bridgehead atoms. The third-order valence-corrected chi connectivity index (χ3v) is 3.52. The lowest BCUT2D eigenvalue weighted by molar-refractivity contribution is -0.384. The Bertz CT molecular complexity index is 523. The fourth-order valence-corrected chi connectivity index (χ4v) is 2.46. The van der Waals surface area contributed by atoms with Gasteiger partial charge in [0.05, 0.1) is 10.5 Å². The number of likely N-dealkylation sites (tertiary alicyclic amines) is 1. The molecule has 1 N–H and O–H groups in total. The average Bonchev–Trinajstić information content (AvgIpc) is 2.41. The van der Waals surface area contributed by atoms with Gasteiger partial charge in [-0.05, 0) is 18.9 Å². The van der Waals surface area contributed by atoms with Crippen LogP contribution in [0.1, 0.15) is 12.5 Å². The quantitative estimate of drug-likeness (QED) is 0.602. The number of hydrogen-bond donors (Lipinski definition) is 1. The first-order chi connectivity index (χ1) is 9.88. The molecule has 1 fully saturated rings. The van der Waals surface area contributed by atoms with Gasteiger partial charge in [0.25, 0.3) is 5.69 Å². The minimum Gasteiger partial charge on any atom is -0.480 e. The van der Waals surface area contributed by atoms with Crippen molar-refractivity contribution in [3.8, 4) is 0 Å². The molecular weight excluding hydrogens is 276 g/mol. The summed E-state index contributed by atoms with van der Waals surface area (Å²) < 4.78 is 5.34. The third kappa shape index (κ3) is 4.24. The van der Waals surface area contributed by atoms with E-state index in [1.807, 2.05) is 6.92 Å². The molecule has 1 heterocycles. The maximum atomic E-state index is 10.6. The summed E-state index contributed by atoms with van der Waals surface area (Å²) in [4.78, 5) is 22.8. The number of carbonyl (C=O) groups is 1. The number of nitro groups is 1. The second-order valence-corrected chi connectivity index (χ2v) is 5.52. The molecule has 114 valence electrons. The van der Waals surface area contributed by atoms with Crippen LogP contribution < -0.4 is 0 Å². The van der Waals surface area contributed by atoms with Crippen LogP contribution in [0.3, 0.4) is 0 Å². The molecule has 0 atom stereocenters. The van der Waals surface area contributed by atoms with Crippen LogP contribution in [-0.2, 0) is 16.0 Å². The highest BCUT2D eigenvalue weighted by atomic mass is 16.6. The minimum absolute atomic E-state index is 0.0948. The molecule has 0 radical (unpaired) electrons. The van der Waals surface area contributed by atoms with Gasteiger partial charge >= 0.3 is 5.97 Å². The van der Waals surface area contributed by atoms with E-state index in [1.54, 1.807) is 12.1 Å². The monoisotopic (exact) mass is 294 g/mol. The zero-order chi connectivity index (χ0) is 15.5. The number of nitrogens with zero attached hydrogens (tertiary/aromatic N) is 2. The highest BCUT2D eigenvalue weighted by Gasteiger charge is 2.39. The lowest BCUT2D eigenvalue weighted by Gasteiger charge is -2.47. The van der Waals surface area contributed by atoms with E-state index in [1.165, 1.54) is 12.1 Å². The number of non-ortho nitro benzene ring substituents is 1. The molecule has 0 aromatic heterocycles. The predicted molar refractivity (Wildman–Crippen MR) is 75.2 cm³/mol. The summed E-state index contributed by atoms with van der Waals surface area (Å²) >= 11 is 0. The standard InChI is InChI=1S/C14H18N2O5/c1-14(21-8-13(17)18)9-15(10-14)7-6-11-2-4-12(5-3-11)16(19)20/h2-5H,6-10H2,1H3,(H,17,18). The van der Waals surface area contributed by atoms with Gasteiger partial charge < -0.3 is 9.84 Å². The Balaban J connectivity index is 1.73. The van der Waals surface area contributed by atoms with Gasteiger partial charge in [0.2, 0.25) is 0 Å². The molecule has 7 heteroatoms. The average molecular weight is 294 g/mol. The first-order valence-electron chi connectivity index (χ1n) is 6.69. The Kier molecular flexibility index (Phi) is 4.54. The number of nitro benzene ring substituents is 1. The number of carboxylic acid groups (broad SMARTS) is 1. The van der Waals surface area contributed by atoms with E-state index in [0.29, 0.717) is 13.1 Å². The Hall–Kier alpha value is -1.99. The Morgan fingerprint density at radius 1 is 1.43 bits per heavy atom. The molecule has 0 spiro atoms. The predicted octanol–water partition coefficient (Wildman–Crippen LogP) is 1.31. The van der Waals surface area contributed by atoms with Crippen molar-refractivity contribution >= 4 is 11.7 Å². The summed E-state index contributed by atoms with van der Waals surface area (Å²) in [5, 5.41) is 19.1. The van der Waals surface area contributed by atoms with Crippen LogP contribution in [0, 0.1) is 10.1 Å². The number of hydrogen-bond acceptors (Lipinski definition) is 5. The third-order valence-electron chi connectivity index (χ3n) is 3.52. The second-order valence-electron chi connectivity index (χ2n) is 5.52. The number of ether oxygens (including phenoxy) is 1. The van der Waals surface area contributed by atoms with E-state index in [4.69, 9.17) is 9.84 Å². The van der Waals surface area contributed by atoms with Crippen LogP contribution in [0.2, 0.25) is 0 Å². The fourth-order valence-electron chi connectivity index (χ4n) is 2.46. The van der Waals surface area contributed by atoms with Crippen molar-refractivity contribution in [3.63, 3.8) is 0 Å². The first-order valence-corrected chi connectivity index (χ1v) is 6.69. The van der Waals surface area contributed by atoms with Crippen molar-refractivity contribution in [3.05, 3.63) is 39.9 Å². The minimum atomic E-state index is -0.958. The van der Waals surface area contributed by atoms with E-state index in [0.717, 1.165) is 18.5 Å². The highest BCUT2D eigenvalue weighted by molar-refractivity contribution is 5.68. The summed E-state index contributed by atoms with van der Waals surface area (Å²) in [5.41, 5.74) is 0.756. The zero-order valence-electron chi connectivity index (χ0n) is 11.8. The molecule has 0 aliphatic carbocycles. The molecule has 1 aliphatic rings. The van der Waals surface area contributed by atoms with Gasteiger partial charge in [-0.2, -0.15) is 0 Å². The van der Waals surface area contributed by atoms with Crippen molar-refractivity contribution in [2.75, 3.05) is 26.2 Å². The van der Waals surface area contributed by atoms with Crippen molar-refractivity contribution in [2.45, 2.75) is 18.9 Å². The van der Waals surface area contributed by atoms with Gasteiger partial charge in [-0.15, -0.1) is 0 Å². The van der Waals surface area contributed by atoms with Crippen LogP contribution in [0.15, 0.2) is 24.3 Å². The molecule has 1 aromatic carbocycles. The molecule has 1 saturated heterocycles. The van der Waals surface area contributed by atoms with Gasteiger partial charge in [-0.1, -0.05) is 12.1 Å². The van der Waals surface area contributed by atoms with Crippen LogP contribution in [-0.4, -0.2) is 52.7 Å². The Morgan fingerprint density at radius 3 is 2.57 bits per heavy atom. The molecule has 0 unspecified atom stereocenters. The van der Waals surface area contributed by atoms with Crippen LogP contribution >= 0.6 is 0 Å². The highest BCUT2D eigenvalue weighted by Crippen LogP contribution is 2.24. The normalized spacial score (nSPS) is 17.2. The van der Waals surface area contributed by atoms with E-state index in [2.05, 4.69) is 4.90 Å².